The number of rotatable bonds is 6. The molecule has 1 unspecified atom stereocenters. The molecule has 0 aliphatic carbocycles. The Labute approximate surface area is 132 Å². The summed E-state index contributed by atoms with van der Waals surface area (Å²) in [7, 11) is 0. The molecule has 0 spiro atoms. The maximum atomic E-state index is 10.9. The molecule has 0 aliphatic heterocycles. The third-order valence-corrected chi connectivity index (χ3v) is 5.44. The predicted octanol–water partition coefficient (Wildman–Crippen LogP) is 5.08. The van der Waals surface area contributed by atoms with Crippen molar-refractivity contribution in [3.05, 3.63) is 56.3 Å². The van der Waals surface area contributed by atoms with Crippen LogP contribution in [0, 0.1) is 0 Å². The van der Waals surface area contributed by atoms with E-state index in [4.69, 9.17) is 0 Å². The van der Waals surface area contributed by atoms with Gasteiger partial charge in [0.1, 0.15) is 6.10 Å². The summed E-state index contributed by atoms with van der Waals surface area (Å²) >= 11 is 1.73. The van der Waals surface area contributed by atoms with Crippen LogP contribution in [0.5, 0.6) is 0 Å². The zero-order chi connectivity index (χ0) is 15.4. The Hall–Kier alpha value is -1.12. The predicted molar refractivity (Wildman–Crippen MR) is 92.3 cm³/mol. The van der Waals surface area contributed by atoms with Crippen LogP contribution in [-0.4, -0.2) is 5.11 Å². The van der Waals surface area contributed by atoms with Crippen molar-refractivity contribution < 1.29 is 5.11 Å². The number of hydrogen-bond acceptors (Lipinski definition) is 2. The second-order valence-electron chi connectivity index (χ2n) is 5.45. The van der Waals surface area contributed by atoms with E-state index in [2.05, 4.69) is 52.0 Å². The van der Waals surface area contributed by atoms with E-state index < -0.39 is 6.10 Å². The van der Waals surface area contributed by atoms with Crippen molar-refractivity contribution in [2.45, 2.75) is 59.5 Å². The topological polar surface area (TPSA) is 20.2 Å². The molecule has 1 aromatic heterocycles. The molecule has 0 saturated heterocycles. The van der Waals surface area contributed by atoms with Gasteiger partial charge in [-0.05, 0) is 60.1 Å². The maximum Gasteiger partial charge on any atom is 0.114 e. The van der Waals surface area contributed by atoms with Crippen molar-refractivity contribution in [3.8, 4) is 0 Å². The highest BCUT2D eigenvalue weighted by atomic mass is 32.1. The average molecular weight is 302 g/mol. The highest BCUT2D eigenvalue weighted by molar-refractivity contribution is 7.12. The number of benzene rings is 1. The molecule has 0 bridgehead atoms. The molecule has 2 rings (SSSR count). The van der Waals surface area contributed by atoms with Crippen LogP contribution in [0.2, 0.25) is 0 Å². The van der Waals surface area contributed by atoms with Crippen molar-refractivity contribution in [1.29, 1.82) is 0 Å². The molecule has 1 heterocycles. The number of aliphatic hydroxyl groups excluding tert-OH is 1. The van der Waals surface area contributed by atoms with Gasteiger partial charge in [-0.1, -0.05) is 39.8 Å². The second kappa shape index (κ2) is 7.24. The van der Waals surface area contributed by atoms with Crippen LogP contribution in [0.3, 0.4) is 0 Å². The maximum absolute atomic E-state index is 10.9. The molecule has 0 amide bonds. The molecule has 2 heteroatoms. The van der Waals surface area contributed by atoms with E-state index in [1.807, 2.05) is 0 Å². The fourth-order valence-corrected chi connectivity index (χ4v) is 3.81. The summed E-state index contributed by atoms with van der Waals surface area (Å²) in [5, 5.41) is 10.9. The molecule has 1 aromatic carbocycles. The Morgan fingerprint density at radius 2 is 1.52 bits per heavy atom. The van der Waals surface area contributed by atoms with Gasteiger partial charge >= 0.3 is 0 Å². The van der Waals surface area contributed by atoms with E-state index in [0.29, 0.717) is 0 Å². The molecule has 0 aliphatic rings. The highest BCUT2D eigenvalue weighted by Gasteiger charge is 2.19. The quantitative estimate of drug-likeness (QED) is 0.789. The van der Waals surface area contributed by atoms with E-state index in [-0.39, 0.29) is 0 Å². The lowest BCUT2D eigenvalue weighted by molar-refractivity contribution is 0.222. The first-order valence-electron chi connectivity index (χ1n) is 8.05. The Bertz CT molecular complexity index is 572. The molecular weight excluding hydrogens is 276 g/mol. The fourth-order valence-electron chi connectivity index (χ4n) is 2.87. The van der Waals surface area contributed by atoms with Gasteiger partial charge in [-0.15, -0.1) is 11.3 Å². The standard InChI is InChI=1S/C19H26OS/c1-5-13-11-14(6-2)18(15(7-3)12-13)19(20)17-10-9-16(8-4)21-17/h9-12,19-20H,5-8H2,1-4H3. The average Bonchev–Trinajstić information content (AvgIpc) is 3.01. The Morgan fingerprint density at radius 1 is 0.905 bits per heavy atom. The lowest BCUT2D eigenvalue weighted by atomic mass is 9.90. The molecule has 1 N–H and O–H groups in total. The molecule has 0 radical (unpaired) electrons. The first-order chi connectivity index (χ1) is 10.1. The van der Waals surface area contributed by atoms with Crippen molar-refractivity contribution in [2.24, 2.45) is 0 Å². The molecular formula is C19H26OS. The fraction of sp³-hybridized carbons (Fsp3) is 0.474. The van der Waals surface area contributed by atoms with Crippen LogP contribution in [0.25, 0.3) is 0 Å². The van der Waals surface area contributed by atoms with Crippen LogP contribution in [0.4, 0.5) is 0 Å². The Balaban J connectivity index is 2.50. The van der Waals surface area contributed by atoms with Gasteiger partial charge in [0, 0.05) is 9.75 Å². The minimum absolute atomic E-state index is 0.480. The first kappa shape index (κ1) is 16.3. The van der Waals surface area contributed by atoms with Gasteiger partial charge < -0.3 is 5.11 Å². The zero-order valence-electron chi connectivity index (χ0n) is 13.6. The van der Waals surface area contributed by atoms with Crippen LogP contribution >= 0.6 is 11.3 Å². The lowest BCUT2D eigenvalue weighted by Gasteiger charge is -2.19. The second-order valence-corrected chi connectivity index (χ2v) is 6.65. The summed E-state index contributed by atoms with van der Waals surface area (Å²) in [4.78, 5) is 2.41. The van der Waals surface area contributed by atoms with Crippen LogP contribution < -0.4 is 0 Å². The van der Waals surface area contributed by atoms with Crippen LogP contribution in [0.15, 0.2) is 24.3 Å². The van der Waals surface area contributed by atoms with Gasteiger partial charge in [-0.25, -0.2) is 0 Å². The number of thiophene rings is 1. The first-order valence-corrected chi connectivity index (χ1v) is 8.87. The van der Waals surface area contributed by atoms with E-state index >= 15 is 0 Å². The SMILES string of the molecule is CCc1cc(CC)c(C(O)c2ccc(CC)s2)c(CC)c1. The van der Waals surface area contributed by atoms with Crippen LogP contribution in [0.1, 0.15) is 65.8 Å². The third kappa shape index (κ3) is 3.38. The summed E-state index contributed by atoms with van der Waals surface area (Å²) in [6, 6.07) is 8.76. The number of aryl methyl sites for hydroxylation is 4. The molecule has 2 aromatic rings. The third-order valence-electron chi connectivity index (χ3n) is 4.16. The smallest absolute Gasteiger partial charge is 0.114 e. The molecule has 1 nitrogen and oxygen atoms in total. The van der Waals surface area contributed by atoms with Gasteiger partial charge in [0.05, 0.1) is 0 Å². The summed E-state index contributed by atoms with van der Waals surface area (Å²) in [6.45, 7) is 8.71. The van der Waals surface area contributed by atoms with Gasteiger partial charge in [0.15, 0.2) is 0 Å². The number of aliphatic hydroxyl groups is 1. The summed E-state index contributed by atoms with van der Waals surface area (Å²) in [5.74, 6) is 0. The molecule has 21 heavy (non-hydrogen) atoms. The molecule has 1 atom stereocenters. The highest BCUT2D eigenvalue weighted by Crippen LogP contribution is 2.34. The summed E-state index contributed by atoms with van der Waals surface area (Å²) in [6.07, 6.45) is 3.55. The Morgan fingerprint density at radius 3 is 1.95 bits per heavy atom. The van der Waals surface area contributed by atoms with Crippen molar-refractivity contribution >= 4 is 11.3 Å². The van der Waals surface area contributed by atoms with Crippen molar-refractivity contribution in [3.63, 3.8) is 0 Å². The summed E-state index contributed by atoms with van der Waals surface area (Å²) < 4.78 is 0. The van der Waals surface area contributed by atoms with E-state index in [1.165, 1.54) is 21.6 Å². The van der Waals surface area contributed by atoms with E-state index in [1.54, 1.807) is 11.3 Å². The van der Waals surface area contributed by atoms with Crippen molar-refractivity contribution in [1.82, 2.24) is 0 Å². The van der Waals surface area contributed by atoms with Crippen LogP contribution in [-0.2, 0) is 25.7 Å². The lowest BCUT2D eigenvalue weighted by Crippen LogP contribution is -2.07. The molecule has 0 fully saturated rings. The van der Waals surface area contributed by atoms with E-state index in [0.717, 1.165) is 36.1 Å². The van der Waals surface area contributed by atoms with Gasteiger partial charge in [-0.2, -0.15) is 0 Å². The van der Waals surface area contributed by atoms with Gasteiger partial charge in [-0.3, -0.25) is 0 Å². The largest absolute Gasteiger partial charge is 0.383 e. The zero-order valence-corrected chi connectivity index (χ0v) is 14.4. The Kier molecular flexibility index (Phi) is 5.60. The summed E-state index contributed by atoms with van der Waals surface area (Å²) in [5.41, 5.74) is 5.11. The number of hydrogen-bond donors (Lipinski definition) is 1. The monoisotopic (exact) mass is 302 g/mol. The van der Waals surface area contributed by atoms with Gasteiger partial charge in [0.2, 0.25) is 0 Å². The minimum atomic E-state index is -0.480. The van der Waals surface area contributed by atoms with Crippen molar-refractivity contribution in [2.75, 3.05) is 0 Å². The molecule has 0 saturated carbocycles. The minimum Gasteiger partial charge on any atom is -0.383 e. The van der Waals surface area contributed by atoms with E-state index in [9.17, 15) is 5.11 Å². The molecule has 114 valence electrons. The normalized spacial score (nSPS) is 12.6. The van der Waals surface area contributed by atoms with Gasteiger partial charge in [0.25, 0.3) is 0 Å².